The summed E-state index contributed by atoms with van der Waals surface area (Å²) in [5.41, 5.74) is 0.0921. The second-order valence-electron chi connectivity index (χ2n) is 5.64. The summed E-state index contributed by atoms with van der Waals surface area (Å²) in [4.78, 5) is 0. The minimum absolute atomic E-state index is 0.0921. The lowest BCUT2D eigenvalue weighted by Crippen LogP contribution is -2.46. The molecule has 2 rings (SSSR count). The minimum atomic E-state index is -3.03. The Morgan fingerprint density at radius 1 is 1.44 bits per heavy atom. The molecular formula is C11H22N2O2S. The number of piperidine rings is 1. The Morgan fingerprint density at radius 3 is 2.75 bits per heavy atom. The van der Waals surface area contributed by atoms with Crippen LogP contribution in [0.25, 0.3) is 0 Å². The SMILES string of the molecule is CC1(CNS(=O)(=O)CC2CC2)CCCNC1. The normalized spacial score (nSPS) is 31.6. The van der Waals surface area contributed by atoms with E-state index in [0.717, 1.165) is 38.8 Å². The van der Waals surface area contributed by atoms with Crippen LogP contribution in [0.5, 0.6) is 0 Å². The van der Waals surface area contributed by atoms with Gasteiger partial charge < -0.3 is 5.32 Å². The van der Waals surface area contributed by atoms with E-state index in [1.807, 2.05) is 0 Å². The van der Waals surface area contributed by atoms with Crippen molar-refractivity contribution in [3.8, 4) is 0 Å². The molecule has 1 heterocycles. The second-order valence-corrected chi connectivity index (χ2v) is 7.49. The van der Waals surface area contributed by atoms with Gasteiger partial charge in [-0.2, -0.15) is 0 Å². The van der Waals surface area contributed by atoms with Gasteiger partial charge in [0, 0.05) is 13.1 Å². The lowest BCUT2D eigenvalue weighted by atomic mass is 9.83. The third kappa shape index (κ3) is 3.71. The molecule has 2 aliphatic rings. The van der Waals surface area contributed by atoms with Gasteiger partial charge in [-0.15, -0.1) is 0 Å². The molecule has 2 N–H and O–H groups in total. The van der Waals surface area contributed by atoms with Crippen molar-refractivity contribution in [1.82, 2.24) is 10.0 Å². The standard InChI is InChI=1S/C11H22N2O2S/c1-11(5-2-6-12-8-11)9-13-16(14,15)7-10-3-4-10/h10,12-13H,2-9H2,1H3. The lowest BCUT2D eigenvalue weighted by Gasteiger charge is -2.34. The van der Waals surface area contributed by atoms with Gasteiger partial charge in [-0.05, 0) is 43.6 Å². The molecule has 1 aliphatic heterocycles. The van der Waals surface area contributed by atoms with Crippen LogP contribution < -0.4 is 10.0 Å². The van der Waals surface area contributed by atoms with Gasteiger partial charge in [0.25, 0.3) is 0 Å². The van der Waals surface area contributed by atoms with Gasteiger partial charge in [-0.3, -0.25) is 0 Å². The fourth-order valence-electron chi connectivity index (χ4n) is 2.21. The van der Waals surface area contributed by atoms with Crippen LogP contribution in [-0.4, -0.2) is 33.8 Å². The zero-order chi connectivity index (χ0) is 11.6. The lowest BCUT2D eigenvalue weighted by molar-refractivity contribution is 0.238. The van der Waals surface area contributed by atoms with Crippen molar-refractivity contribution in [3.05, 3.63) is 0 Å². The number of hydrogen-bond acceptors (Lipinski definition) is 3. The van der Waals surface area contributed by atoms with E-state index >= 15 is 0 Å². The van der Waals surface area contributed by atoms with E-state index in [9.17, 15) is 8.42 Å². The van der Waals surface area contributed by atoms with Crippen LogP contribution in [0.4, 0.5) is 0 Å². The highest BCUT2D eigenvalue weighted by molar-refractivity contribution is 7.89. The topological polar surface area (TPSA) is 58.2 Å². The molecule has 1 unspecified atom stereocenters. The Bertz CT molecular complexity index is 330. The van der Waals surface area contributed by atoms with Gasteiger partial charge in [0.05, 0.1) is 5.75 Å². The molecule has 2 fully saturated rings. The molecule has 16 heavy (non-hydrogen) atoms. The van der Waals surface area contributed by atoms with E-state index in [1.165, 1.54) is 0 Å². The van der Waals surface area contributed by atoms with Crippen molar-refractivity contribution in [1.29, 1.82) is 0 Å². The molecule has 94 valence electrons. The van der Waals surface area contributed by atoms with Crippen LogP contribution in [0.2, 0.25) is 0 Å². The van der Waals surface area contributed by atoms with Crippen LogP contribution in [0.15, 0.2) is 0 Å². The van der Waals surface area contributed by atoms with E-state index in [1.54, 1.807) is 0 Å². The molecule has 0 spiro atoms. The second kappa shape index (κ2) is 4.63. The average Bonchev–Trinajstić information content (AvgIpc) is 3.00. The molecule has 1 aliphatic carbocycles. The molecule has 0 aromatic carbocycles. The van der Waals surface area contributed by atoms with Gasteiger partial charge in [0.2, 0.25) is 10.0 Å². The zero-order valence-electron chi connectivity index (χ0n) is 9.96. The first-order chi connectivity index (χ1) is 7.49. The van der Waals surface area contributed by atoms with Crippen LogP contribution >= 0.6 is 0 Å². The van der Waals surface area contributed by atoms with E-state index in [-0.39, 0.29) is 5.41 Å². The molecule has 0 aromatic heterocycles. The summed E-state index contributed by atoms with van der Waals surface area (Å²) in [6, 6.07) is 0. The highest BCUT2D eigenvalue weighted by atomic mass is 32.2. The molecule has 1 saturated heterocycles. The van der Waals surface area contributed by atoms with Crippen LogP contribution in [-0.2, 0) is 10.0 Å². The summed E-state index contributed by atoms with van der Waals surface area (Å²) in [5.74, 6) is 0.756. The number of sulfonamides is 1. The monoisotopic (exact) mass is 246 g/mol. The molecule has 0 amide bonds. The maximum Gasteiger partial charge on any atom is 0.211 e. The fraction of sp³-hybridized carbons (Fsp3) is 1.00. The number of nitrogens with one attached hydrogen (secondary N) is 2. The predicted octanol–water partition coefficient (Wildman–Crippen LogP) is 0.705. The Hall–Kier alpha value is -0.130. The Labute approximate surface area is 98.2 Å². The highest BCUT2D eigenvalue weighted by Crippen LogP contribution is 2.30. The maximum absolute atomic E-state index is 11.7. The summed E-state index contributed by atoms with van der Waals surface area (Å²) >= 11 is 0. The maximum atomic E-state index is 11.7. The van der Waals surface area contributed by atoms with Crippen LogP contribution in [0, 0.1) is 11.3 Å². The van der Waals surface area contributed by atoms with E-state index in [4.69, 9.17) is 0 Å². The van der Waals surface area contributed by atoms with Gasteiger partial charge in [-0.1, -0.05) is 6.92 Å². The van der Waals surface area contributed by atoms with Gasteiger partial charge in [0.15, 0.2) is 0 Å². The highest BCUT2D eigenvalue weighted by Gasteiger charge is 2.31. The Morgan fingerprint density at radius 2 is 2.19 bits per heavy atom. The van der Waals surface area contributed by atoms with Crippen LogP contribution in [0.3, 0.4) is 0 Å². The van der Waals surface area contributed by atoms with E-state index < -0.39 is 10.0 Å². The van der Waals surface area contributed by atoms with E-state index in [0.29, 0.717) is 18.2 Å². The minimum Gasteiger partial charge on any atom is -0.316 e. The largest absolute Gasteiger partial charge is 0.316 e. The van der Waals surface area contributed by atoms with Crippen molar-refractivity contribution in [2.24, 2.45) is 11.3 Å². The zero-order valence-corrected chi connectivity index (χ0v) is 10.8. The molecule has 0 radical (unpaired) electrons. The predicted molar refractivity (Wildman–Crippen MR) is 64.7 cm³/mol. The first kappa shape index (κ1) is 12.3. The van der Waals surface area contributed by atoms with Crippen molar-refractivity contribution < 1.29 is 8.42 Å². The van der Waals surface area contributed by atoms with Gasteiger partial charge >= 0.3 is 0 Å². The van der Waals surface area contributed by atoms with Crippen molar-refractivity contribution in [2.75, 3.05) is 25.4 Å². The third-order valence-corrected chi connectivity index (χ3v) is 5.05. The molecule has 1 saturated carbocycles. The van der Waals surface area contributed by atoms with Crippen molar-refractivity contribution in [3.63, 3.8) is 0 Å². The van der Waals surface area contributed by atoms with Crippen molar-refractivity contribution >= 4 is 10.0 Å². The summed E-state index contributed by atoms with van der Waals surface area (Å²) in [5, 5.41) is 3.33. The quantitative estimate of drug-likeness (QED) is 0.751. The molecule has 0 aromatic rings. The first-order valence-electron chi connectivity index (χ1n) is 6.17. The Kier molecular flexibility index (Phi) is 3.56. The summed E-state index contributed by atoms with van der Waals surface area (Å²) in [6.45, 7) is 4.71. The molecule has 5 heteroatoms. The Balaban J connectivity index is 1.80. The van der Waals surface area contributed by atoms with Crippen LogP contribution in [0.1, 0.15) is 32.6 Å². The molecule has 1 atom stereocenters. The van der Waals surface area contributed by atoms with Gasteiger partial charge in [0.1, 0.15) is 0 Å². The first-order valence-corrected chi connectivity index (χ1v) is 7.82. The number of hydrogen-bond donors (Lipinski definition) is 2. The third-order valence-electron chi connectivity index (χ3n) is 3.56. The fourth-order valence-corrected chi connectivity index (χ4v) is 3.85. The van der Waals surface area contributed by atoms with E-state index in [2.05, 4.69) is 17.0 Å². The molecular weight excluding hydrogens is 224 g/mol. The summed E-state index contributed by atoms with van der Waals surface area (Å²) in [6.07, 6.45) is 4.41. The summed E-state index contributed by atoms with van der Waals surface area (Å²) in [7, 11) is -3.03. The number of rotatable bonds is 5. The average molecular weight is 246 g/mol. The van der Waals surface area contributed by atoms with Gasteiger partial charge in [-0.25, -0.2) is 13.1 Å². The summed E-state index contributed by atoms with van der Waals surface area (Å²) < 4.78 is 26.2. The van der Waals surface area contributed by atoms with Crippen molar-refractivity contribution in [2.45, 2.75) is 32.6 Å². The molecule has 0 bridgehead atoms. The molecule has 4 nitrogen and oxygen atoms in total. The smallest absolute Gasteiger partial charge is 0.211 e.